The quantitative estimate of drug-likeness (QED) is 0.728. The molecule has 0 unspecified atom stereocenters. The Morgan fingerprint density at radius 2 is 1.78 bits per heavy atom. The van der Waals surface area contributed by atoms with Gasteiger partial charge in [0.25, 0.3) is 0 Å². The fourth-order valence-electron chi connectivity index (χ4n) is 1.51. The van der Waals surface area contributed by atoms with Crippen molar-refractivity contribution < 1.29 is 18.3 Å². The summed E-state index contributed by atoms with van der Waals surface area (Å²) in [4.78, 5) is 0. The molecule has 0 atom stereocenters. The van der Waals surface area contributed by atoms with Crippen LogP contribution in [-0.2, 0) is 11.2 Å². The van der Waals surface area contributed by atoms with E-state index in [-0.39, 0.29) is 12.4 Å². The van der Waals surface area contributed by atoms with Crippen molar-refractivity contribution >= 4 is 0 Å². The van der Waals surface area contributed by atoms with Crippen LogP contribution in [-0.4, -0.2) is 26.4 Å². The molecule has 0 saturated carbocycles. The molecule has 0 bridgehead atoms. The van der Waals surface area contributed by atoms with Gasteiger partial charge in [-0.3, -0.25) is 0 Å². The average molecular weight is 259 g/mol. The molecular weight excluding hydrogens is 240 g/mol. The molecule has 102 valence electrons. The molecule has 1 aromatic rings. The van der Waals surface area contributed by atoms with E-state index in [1.807, 2.05) is 6.92 Å². The van der Waals surface area contributed by atoms with Gasteiger partial charge in [0.2, 0.25) is 0 Å². The summed E-state index contributed by atoms with van der Waals surface area (Å²) in [5.74, 6) is -1.75. The predicted octanol–water partition coefficient (Wildman–Crippen LogP) is 2.27. The number of ether oxygens (including phenoxy) is 2. The van der Waals surface area contributed by atoms with Gasteiger partial charge in [-0.25, -0.2) is 8.78 Å². The molecule has 3 nitrogen and oxygen atoms in total. The van der Waals surface area contributed by atoms with Crippen LogP contribution in [0.25, 0.3) is 0 Å². The number of rotatable bonds is 8. The largest absolute Gasteiger partial charge is 0.485 e. The maximum absolute atomic E-state index is 13.6. The fourth-order valence-corrected chi connectivity index (χ4v) is 1.51. The van der Waals surface area contributed by atoms with Crippen LogP contribution >= 0.6 is 0 Å². The molecule has 0 aliphatic rings. The van der Waals surface area contributed by atoms with Crippen LogP contribution in [0.3, 0.4) is 0 Å². The standard InChI is InChI=1S/C13H19F2NO2/c1-2-5-17-6-7-18-13-11(14)8-10(3-4-16)9-12(13)15/h8-9H,2-7,16H2,1H3. The van der Waals surface area contributed by atoms with Crippen molar-refractivity contribution in [3.8, 4) is 5.75 Å². The molecule has 2 N–H and O–H groups in total. The summed E-state index contributed by atoms with van der Waals surface area (Å²) in [5, 5.41) is 0. The third-order valence-corrected chi connectivity index (χ3v) is 2.31. The van der Waals surface area contributed by atoms with Crippen LogP contribution in [0.4, 0.5) is 8.78 Å². The van der Waals surface area contributed by atoms with E-state index >= 15 is 0 Å². The Kier molecular flexibility index (Phi) is 6.60. The molecule has 0 amide bonds. The minimum absolute atomic E-state index is 0.129. The van der Waals surface area contributed by atoms with Crippen LogP contribution in [0.2, 0.25) is 0 Å². The van der Waals surface area contributed by atoms with E-state index in [1.165, 1.54) is 12.1 Å². The molecule has 0 fully saturated rings. The van der Waals surface area contributed by atoms with E-state index in [4.69, 9.17) is 15.2 Å². The second-order valence-corrected chi connectivity index (χ2v) is 3.89. The molecule has 1 rings (SSSR count). The highest BCUT2D eigenvalue weighted by molar-refractivity contribution is 5.31. The van der Waals surface area contributed by atoms with E-state index < -0.39 is 11.6 Å². The van der Waals surface area contributed by atoms with Crippen molar-refractivity contribution in [1.29, 1.82) is 0 Å². The second-order valence-electron chi connectivity index (χ2n) is 3.89. The SMILES string of the molecule is CCCOCCOc1c(F)cc(CCN)cc1F. The molecule has 0 spiro atoms. The normalized spacial score (nSPS) is 10.7. The van der Waals surface area contributed by atoms with Gasteiger partial charge in [0.05, 0.1) is 6.61 Å². The topological polar surface area (TPSA) is 44.5 Å². The lowest BCUT2D eigenvalue weighted by atomic mass is 10.1. The lowest BCUT2D eigenvalue weighted by molar-refractivity contribution is 0.0975. The minimum Gasteiger partial charge on any atom is -0.485 e. The first kappa shape index (κ1) is 14.9. The van der Waals surface area contributed by atoms with Gasteiger partial charge in [-0.15, -0.1) is 0 Å². The van der Waals surface area contributed by atoms with Gasteiger partial charge in [0.1, 0.15) is 6.61 Å². The highest BCUT2D eigenvalue weighted by Crippen LogP contribution is 2.23. The summed E-state index contributed by atoms with van der Waals surface area (Å²) in [5.41, 5.74) is 5.86. The number of hydrogen-bond donors (Lipinski definition) is 1. The van der Waals surface area contributed by atoms with Crippen molar-refractivity contribution in [2.24, 2.45) is 5.73 Å². The Morgan fingerprint density at radius 1 is 1.11 bits per heavy atom. The van der Waals surface area contributed by atoms with Crippen LogP contribution in [0, 0.1) is 11.6 Å². The summed E-state index contributed by atoms with van der Waals surface area (Å²) < 4.78 is 37.3. The molecule has 0 aromatic heterocycles. The molecule has 0 saturated heterocycles. The van der Waals surface area contributed by atoms with E-state index in [2.05, 4.69) is 0 Å². The molecule has 0 aliphatic heterocycles. The van der Waals surface area contributed by atoms with Gasteiger partial charge in [-0.05, 0) is 37.1 Å². The first-order valence-corrected chi connectivity index (χ1v) is 6.07. The summed E-state index contributed by atoms with van der Waals surface area (Å²) >= 11 is 0. The number of nitrogens with two attached hydrogens (primary N) is 1. The van der Waals surface area contributed by atoms with Crippen molar-refractivity contribution in [1.82, 2.24) is 0 Å². The van der Waals surface area contributed by atoms with Crippen molar-refractivity contribution in [3.63, 3.8) is 0 Å². The second kappa shape index (κ2) is 8.00. The zero-order valence-electron chi connectivity index (χ0n) is 10.5. The Balaban J connectivity index is 2.54. The van der Waals surface area contributed by atoms with E-state index in [0.717, 1.165) is 6.42 Å². The molecule has 18 heavy (non-hydrogen) atoms. The third-order valence-electron chi connectivity index (χ3n) is 2.31. The monoisotopic (exact) mass is 259 g/mol. The molecule has 0 heterocycles. The highest BCUT2D eigenvalue weighted by atomic mass is 19.1. The lowest BCUT2D eigenvalue weighted by Gasteiger charge is -2.10. The van der Waals surface area contributed by atoms with E-state index in [1.54, 1.807) is 0 Å². The Morgan fingerprint density at radius 3 is 2.33 bits per heavy atom. The minimum atomic E-state index is -0.700. The van der Waals surface area contributed by atoms with Gasteiger partial charge < -0.3 is 15.2 Å². The fraction of sp³-hybridized carbons (Fsp3) is 0.538. The van der Waals surface area contributed by atoms with Gasteiger partial charge in [-0.1, -0.05) is 6.92 Å². The van der Waals surface area contributed by atoms with Gasteiger partial charge >= 0.3 is 0 Å². The Hall–Kier alpha value is -1.20. The maximum Gasteiger partial charge on any atom is 0.190 e. The predicted molar refractivity (Wildman–Crippen MR) is 65.7 cm³/mol. The smallest absolute Gasteiger partial charge is 0.190 e. The Labute approximate surface area is 106 Å². The Bertz CT molecular complexity index is 349. The van der Waals surface area contributed by atoms with E-state index in [0.29, 0.717) is 31.7 Å². The molecule has 1 aromatic carbocycles. The van der Waals surface area contributed by atoms with Crippen molar-refractivity contribution in [2.75, 3.05) is 26.4 Å². The molecule has 0 radical (unpaired) electrons. The maximum atomic E-state index is 13.6. The number of halogens is 2. The van der Waals surface area contributed by atoms with Crippen LogP contribution < -0.4 is 10.5 Å². The first-order chi connectivity index (χ1) is 8.69. The van der Waals surface area contributed by atoms with E-state index in [9.17, 15) is 8.78 Å². The zero-order chi connectivity index (χ0) is 13.4. The summed E-state index contributed by atoms with van der Waals surface area (Å²) in [6.07, 6.45) is 1.34. The van der Waals surface area contributed by atoms with Crippen LogP contribution in [0.5, 0.6) is 5.75 Å². The van der Waals surface area contributed by atoms with Crippen LogP contribution in [0.1, 0.15) is 18.9 Å². The first-order valence-electron chi connectivity index (χ1n) is 6.07. The average Bonchev–Trinajstić information content (AvgIpc) is 2.32. The summed E-state index contributed by atoms with van der Waals surface area (Å²) in [6.45, 7) is 3.39. The molecular formula is C13H19F2NO2. The van der Waals surface area contributed by atoms with Crippen molar-refractivity contribution in [3.05, 3.63) is 29.3 Å². The molecule has 0 aliphatic carbocycles. The number of benzene rings is 1. The third kappa shape index (κ3) is 4.58. The zero-order valence-corrected chi connectivity index (χ0v) is 10.5. The number of hydrogen-bond acceptors (Lipinski definition) is 3. The van der Waals surface area contributed by atoms with Crippen LogP contribution in [0.15, 0.2) is 12.1 Å². The summed E-state index contributed by atoms with van der Waals surface area (Å²) in [6, 6.07) is 2.50. The highest BCUT2D eigenvalue weighted by Gasteiger charge is 2.12. The van der Waals surface area contributed by atoms with Gasteiger partial charge in [0.15, 0.2) is 17.4 Å². The van der Waals surface area contributed by atoms with Gasteiger partial charge in [-0.2, -0.15) is 0 Å². The lowest BCUT2D eigenvalue weighted by Crippen LogP contribution is -2.10. The summed E-state index contributed by atoms with van der Waals surface area (Å²) in [7, 11) is 0. The molecule has 5 heteroatoms. The van der Waals surface area contributed by atoms with Gasteiger partial charge in [0, 0.05) is 6.61 Å². The van der Waals surface area contributed by atoms with Crippen molar-refractivity contribution in [2.45, 2.75) is 19.8 Å².